The van der Waals surface area contributed by atoms with E-state index in [-0.39, 0.29) is 10.6 Å². The Labute approximate surface area is 119 Å². The van der Waals surface area contributed by atoms with Gasteiger partial charge in [-0.05, 0) is 30.3 Å². The van der Waals surface area contributed by atoms with Crippen molar-refractivity contribution >= 4 is 23.2 Å². The Balaban J connectivity index is 2.55. The fourth-order valence-corrected chi connectivity index (χ4v) is 2.53. The number of rotatable bonds is 3. The lowest BCUT2D eigenvalue weighted by Crippen LogP contribution is -2.01. The zero-order valence-corrected chi connectivity index (χ0v) is 11.5. The molecule has 1 unspecified atom stereocenters. The minimum Gasteiger partial charge on any atom is -0.496 e. The molecule has 0 saturated heterocycles. The Morgan fingerprint density at radius 2 is 1.89 bits per heavy atom. The lowest BCUT2D eigenvalue weighted by molar-refractivity contribution is 0.408. The summed E-state index contributed by atoms with van der Waals surface area (Å²) in [7, 11) is 1.43. The van der Waals surface area contributed by atoms with Crippen LogP contribution >= 0.6 is 23.2 Å². The van der Waals surface area contributed by atoms with Crippen molar-refractivity contribution < 1.29 is 13.5 Å². The second-order valence-electron chi connectivity index (χ2n) is 3.88. The molecule has 5 heteroatoms. The molecule has 0 N–H and O–H groups in total. The third kappa shape index (κ3) is 2.82. The molecule has 0 aliphatic heterocycles. The van der Waals surface area contributed by atoms with Crippen molar-refractivity contribution in [3.8, 4) is 5.75 Å². The first-order chi connectivity index (χ1) is 9.04. The number of hydrogen-bond donors (Lipinski definition) is 0. The highest BCUT2D eigenvalue weighted by Crippen LogP contribution is 2.39. The van der Waals surface area contributed by atoms with Crippen molar-refractivity contribution in [1.82, 2.24) is 0 Å². The maximum Gasteiger partial charge on any atom is 0.129 e. The monoisotopic (exact) mass is 302 g/mol. The molecule has 0 heterocycles. The van der Waals surface area contributed by atoms with Crippen LogP contribution in [0.25, 0.3) is 0 Å². The van der Waals surface area contributed by atoms with Gasteiger partial charge in [-0.25, -0.2) is 8.78 Å². The third-order valence-corrected chi connectivity index (χ3v) is 3.50. The molecule has 0 radical (unpaired) electrons. The molecule has 100 valence electrons. The molecule has 1 nitrogen and oxygen atoms in total. The van der Waals surface area contributed by atoms with E-state index in [1.807, 2.05) is 0 Å². The van der Waals surface area contributed by atoms with Gasteiger partial charge in [0.15, 0.2) is 0 Å². The van der Waals surface area contributed by atoms with Gasteiger partial charge in [-0.2, -0.15) is 0 Å². The topological polar surface area (TPSA) is 9.23 Å². The molecule has 2 rings (SSSR count). The Hall–Kier alpha value is -1.32. The van der Waals surface area contributed by atoms with E-state index in [0.29, 0.717) is 11.3 Å². The van der Waals surface area contributed by atoms with E-state index in [9.17, 15) is 8.78 Å². The van der Waals surface area contributed by atoms with Gasteiger partial charge >= 0.3 is 0 Å². The van der Waals surface area contributed by atoms with E-state index in [4.69, 9.17) is 27.9 Å². The van der Waals surface area contributed by atoms with Crippen LogP contribution in [0, 0.1) is 11.6 Å². The summed E-state index contributed by atoms with van der Waals surface area (Å²) in [5.74, 6) is -0.645. The predicted molar refractivity (Wildman–Crippen MR) is 72.1 cm³/mol. The molecule has 2 aromatic rings. The van der Waals surface area contributed by atoms with Crippen molar-refractivity contribution in [2.45, 2.75) is 5.38 Å². The highest BCUT2D eigenvalue weighted by molar-refractivity contribution is 6.33. The van der Waals surface area contributed by atoms with Crippen molar-refractivity contribution in [2.24, 2.45) is 0 Å². The van der Waals surface area contributed by atoms with E-state index in [1.165, 1.54) is 43.5 Å². The zero-order chi connectivity index (χ0) is 14.0. The summed E-state index contributed by atoms with van der Waals surface area (Å²) in [4.78, 5) is 0. The second-order valence-corrected chi connectivity index (χ2v) is 4.73. The van der Waals surface area contributed by atoms with Crippen molar-refractivity contribution in [2.75, 3.05) is 7.11 Å². The minimum atomic E-state index is -0.931. The Morgan fingerprint density at radius 3 is 2.53 bits per heavy atom. The number of halogens is 4. The fourth-order valence-electron chi connectivity index (χ4n) is 1.81. The summed E-state index contributed by atoms with van der Waals surface area (Å²) in [6.45, 7) is 0. The quantitative estimate of drug-likeness (QED) is 0.729. The molecule has 0 saturated carbocycles. The molecule has 1 atom stereocenters. The normalized spacial score (nSPS) is 12.3. The lowest BCUT2D eigenvalue weighted by atomic mass is 10.0. The second kappa shape index (κ2) is 5.76. The van der Waals surface area contributed by atoms with Gasteiger partial charge in [-0.3, -0.25) is 0 Å². The number of benzene rings is 2. The first-order valence-electron chi connectivity index (χ1n) is 5.46. The standard InChI is InChI=1S/C14H10Cl2F2O/c1-19-12-6-5-8(17)7-9(12)14(16)13-10(15)3-2-4-11(13)18/h2-7,14H,1H3. The van der Waals surface area contributed by atoms with E-state index < -0.39 is 17.0 Å². The molecule has 0 bridgehead atoms. The molecule has 0 aliphatic carbocycles. The molecular formula is C14H10Cl2F2O. The number of ether oxygens (including phenoxy) is 1. The van der Waals surface area contributed by atoms with Gasteiger partial charge in [-0.1, -0.05) is 17.7 Å². The third-order valence-electron chi connectivity index (χ3n) is 2.72. The van der Waals surface area contributed by atoms with E-state index >= 15 is 0 Å². The Morgan fingerprint density at radius 1 is 1.16 bits per heavy atom. The Kier molecular flexibility index (Phi) is 4.27. The van der Waals surface area contributed by atoms with Gasteiger partial charge in [0.25, 0.3) is 0 Å². The van der Waals surface area contributed by atoms with Crippen LogP contribution in [-0.2, 0) is 0 Å². The van der Waals surface area contributed by atoms with Crippen LogP contribution in [0.5, 0.6) is 5.75 Å². The first-order valence-corrected chi connectivity index (χ1v) is 6.27. The fraction of sp³-hybridized carbons (Fsp3) is 0.143. The maximum absolute atomic E-state index is 13.8. The molecule has 19 heavy (non-hydrogen) atoms. The SMILES string of the molecule is COc1ccc(F)cc1C(Cl)c1c(F)cccc1Cl. The van der Waals surface area contributed by atoms with E-state index in [0.717, 1.165) is 0 Å². The average molecular weight is 303 g/mol. The van der Waals surface area contributed by atoms with E-state index in [1.54, 1.807) is 0 Å². The van der Waals surface area contributed by atoms with Gasteiger partial charge in [0, 0.05) is 16.1 Å². The predicted octanol–water partition coefficient (Wildman–Crippen LogP) is 4.96. The first kappa shape index (κ1) is 14.1. The number of alkyl halides is 1. The molecule has 2 aromatic carbocycles. The highest BCUT2D eigenvalue weighted by Gasteiger charge is 2.22. The smallest absolute Gasteiger partial charge is 0.129 e. The minimum absolute atomic E-state index is 0.106. The van der Waals surface area contributed by atoms with Crippen molar-refractivity contribution in [3.05, 3.63) is 64.2 Å². The number of methoxy groups -OCH3 is 1. The van der Waals surface area contributed by atoms with Crippen molar-refractivity contribution in [3.63, 3.8) is 0 Å². The summed E-state index contributed by atoms with van der Waals surface area (Å²) in [6.07, 6.45) is 0. The lowest BCUT2D eigenvalue weighted by Gasteiger charge is -2.16. The van der Waals surface area contributed by atoms with Crippen LogP contribution in [0.15, 0.2) is 36.4 Å². The van der Waals surface area contributed by atoms with Crippen molar-refractivity contribution in [1.29, 1.82) is 0 Å². The molecule has 0 aromatic heterocycles. The zero-order valence-electron chi connectivity index (χ0n) is 9.96. The maximum atomic E-state index is 13.8. The average Bonchev–Trinajstić information content (AvgIpc) is 2.38. The van der Waals surface area contributed by atoms with Crippen LogP contribution in [0.3, 0.4) is 0 Å². The van der Waals surface area contributed by atoms with Gasteiger partial charge in [0.1, 0.15) is 17.4 Å². The van der Waals surface area contributed by atoms with Crippen LogP contribution in [0.2, 0.25) is 5.02 Å². The van der Waals surface area contributed by atoms with Gasteiger partial charge in [0.05, 0.1) is 12.5 Å². The molecule has 0 amide bonds. The highest BCUT2D eigenvalue weighted by atomic mass is 35.5. The summed E-state index contributed by atoms with van der Waals surface area (Å²) >= 11 is 12.2. The van der Waals surface area contributed by atoms with E-state index in [2.05, 4.69) is 0 Å². The van der Waals surface area contributed by atoms with Crippen LogP contribution < -0.4 is 4.74 Å². The van der Waals surface area contributed by atoms with Gasteiger partial charge in [0.2, 0.25) is 0 Å². The molecule has 0 fully saturated rings. The summed E-state index contributed by atoms with van der Waals surface area (Å²) < 4.78 is 32.2. The Bertz CT molecular complexity index is 582. The summed E-state index contributed by atoms with van der Waals surface area (Å²) in [6, 6.07) is 8.15. The van der Waals surface area contributed by atoms with Crippen LogP contribution in [0.4, 0.5) is 8.78 Å². The molecule has 0 aliphatic rings. The molecule has 0 spiro atoms. The van der Waals surface area contributed by atoms with Crippen LogP contribution in [-0.4, -0.2) is 7.11 Å². The summed E-state index contributed by atoms with van der Waals surface area (Å²) in [5.41, 5.74) is 0.436. The largest absolute Gasteiger partial charge is 0.496 e. The van der Waals surface area contributed by atoms with Crippen LogP contribution in [0.1, 0.15) is 16.5 Å². The molecular weight excluding hydrogens is 293 g/mol. The summed E-state index contributed by atoms with van der Waals surface area (Å²) in [5, 5.41) is -0.745. The van der Waals surface area contributed by atoms with Gasteiger partial charge < -0.3 is 4.74 Å². The van der Waals surface area contributed by atoms with Gasteiger partial charge in [-0.15, -0.1) is 11.6 Å². The number of hydrogen-bond acceptors (Lipinski definition) is 1.